The van der Waals surface area contributed by atoms with Crippen LogP contribution in [0.5, 0.6) is 0 Å². The van der Waals surface area contributed by atoms with E-state index in [0.29, 0.717) is 5.82 Å². The molecule has 19 heavy (non-hydrogen) atoms. The second-order valence-corrected chi connectivity index (χ2v) is 5.34. The number of hydrogen-bond donors (Lipinski definition) is 2. The van der Waals surface area contributed by atoms with Gasteiger partial charge in [-0.05, 0) is 26.0 Å². The van der Waals surface area contributed by atoms with Crippen molar-refractivity contribution in [3.63, 3.8) is 0 Å². The van der Waals surface area contributed by atoms with Crippen LogP contribution in [0.4, 0.5) is 0 Å². The van der Waals surface area contributed by atoms with Crippen LogP contribution in [0, 0.1) is 17.0 Å². The number of aromatic nitrogens is 1. The van der Waals surface area contributed by atoms with E-state index in [1.165, 1.54) is 0 Å². The van der Waals surface area contributed by atoms with E-state index >= 15 is 0 Å². The molecule has 1 atom stereocenters. The Hall–Kier alpha value is -1.70. The molecule has 0 aliphatic heterocycles. The van der Waals surface area contributed by atoms with Crippen LogP contribution in [0.15, 0.2) is 22.7 Å². The fourth-order valence-corrected chi connectivity index (χ4v) is 2.35. The van der Waals surface area contributed by atoms with Crippen LogP contribution in [-0.2, 0) is 6.42 Å². The molecule has 0 aliphatic rings. The maximum absolute atomic E-state index is 10.4. The van der Waals surface area contributed by atoms with Gasteiger partial charge >= 0.3 is 0 Å². The van der Waals surface area contributed by atoms with Gasteiger partial charge in [-0.25, -0.2) is 0 Å². The van der Waals surface area contributed by atoms with E-state index in [2.05, 4.69) is 15.8 Å². The van der Waals surface area contributed by atoms with Gasteiger partial charge in [-0.3, -0.25) is 10.1 Å². The molecule has 7 nitrogen and oxygen atoms in total. The maximum atomic E-state index is 10.4. The summed E-state index contributed by atoms with van der Waals surface area (Å²) in [6.45, 7) is 3.84. The minimum absolute atomic E-state index is 0.0683. The van der Waals surface area contributed by atoms with Crippen molar-refractivity contribution in [2.45, 2.75) is 25.6 Å². The van der Waals surface area contributed by atoms with Crippen molar-refractivity contribution in [1.29, 1.82) is 0 Å². The Bertz CT molecular complexity index is 447. The van der Waals surface area contributed by atoms with Crippen LogP contribution < -0.4 is 10.6 Å². The Morgan fingerprint density at radius 1 is 1.74 bits per heavy atom. The van der Waals surface area contributed by atoms with Crippen molar-refractivity contribution >= 4 is 11.8 Å². The normalized spacial score (nSPS) is 13.1. The van der Waals surface area contributed by atoms with Crippen molar-refractivity contribution in [3.8, 4) is 0 Å². The Morgan fingerprint density at radius 3 is 3.00 bits per heavy atom. The molecule has 0 saturated carbocycles. The third-order valence-corrected chi connectivity index (χ3v) is 3.51. The summed E-state index contributed by atoms with van der Waals surface area (Å²) in [6.07, 6.45) is 3.50. The van der Waals surface area contributed by atoms with Gasteiger partial charge in [0.05, 0.1) is 16.5 Å². The number of nitrogens with one attached hydrogen (secondary N) is 2. The van der Waals surface area contributed by atoms with Crippen molar-refractivity contribution in [2.75, 3.05) is 12.8 Å². The molecule has 1 aromatic heterocycles. The second kappa shape index (κ2) is 7.67. The molecule has 0 bridgehead atoms. The standard InChI is InChI=1S/C11H18N4O3S/c1-8-10(6-13-18-8)4-5-19-9(2)14-11(12-3)7-15(16)17/h6-7,9,12,14H,4-5H2,1-3H3. The third-order valence-electron chi connectivity index (χ3n) is 2.45. The number of nitro groups is 1. The molecule has 1 aromatic rings. The van der Waals surface area contributed by atoms with Crippen molar-refractivity contribution in [1.82, 2.24) is 15.8 Å². The van der Waals surface area contributed by atoms with Crippen molar-refractivity contribution < 1.29 is 9.45 Å². The van der Waals surface area contributed by atoms with Crippen LogP contribution in [-0.4, -0.2) is 28.3 Å². The Morgan fingerprint density at radius 2 is 2.47 bits per heavy atom. The van der Waals surface area contributed by atoms with E-state index in [0.717, 1.165) is 29.7 Å². The van der Waals surface area contributed by atoms with Crippen LogP contribution in [0.3, 0.4) is 0 Å². The van der Waals surface area contributed by atoms with Gasteiger partial charge in [0.2, 0.25) is 0 Å². The van der Waals surface area contributed by atoms with Gasteiger partial charge in [-0.15, -0.1) is 11.8 Å². The molecule has 106 valence electrons. The molecule has 0 spiro atoms. The van der Waals surface area contributed by atoms with Gasteiger partial charge in [0, 0.05) is 12.6 Å². The van der Waals surface area contributed by atoms with Crippen molar-refractivity contribution in [2.24, 2.45) is 0 Å². The van der Waals surface area contributed by atoms with Gasteiger partial charge < -0.3 is 15.2 Å². The first-order valence-electron chi connectivity index (χ1n) is 5.84. The third kappa shape index (κ3) is 5.64. The number of aryl methyl sites for hydroxylation is 2. The summed E-state index contributed by atoms with van der Waals surface area (Å²) in [5.41, 5.74) is 1.09. The Labute approximate surface area is 116 Å². The Kier molecular flexibility index (Phi) is 6.20. The zero-order valence-electron chi connectivity index (χ0n) is 11.2. The summed E-state index contributed by atoms with van der Waals surface area (Å²) in [5, 5.41) is 19.9. The van der Waals surface area contributed by atoms with Crippen LogP contribution in [0.2, 0.25) is 0 Å². The summed E-state index contributed by atoms with van der Waals surface area (Å²) in [4.78, 5) is 9.89. The molecule has 0 aromatic carbocycles. The fraction of sp³-hybridized carbons (Fsp3) is 0.545. The number of thioether (sulfide) groups is 1. The predicted octanol–water partition coefficient (Wildman–Crippen LogP) is 1.49. The second-order valence-electron chi connectivity index (χ2n) is 3.89. The predicted molar refractivity (Wildman–Crippen MR) is 74.1 cm³/mol. The average molecular weight is 286 g/mol. The highest BCUT2D eigenvalue weighted by molar-refractivity contribution is 7.99. The first-order valence-corrected chi connectivity index (χ1v) is 6.89. The molecule has 0 radical (unpaired) electrons. The highest BCUT2D eigenvalue weighted by atomic mass is 32.2. The minimum atomic E-state index is -0.489. The molecule has 2 N–H and O–H groups in total. The molecule has 0 fully saturated rings. The molecule has 0 saturated heterocycles. The summed E-state index contributed by atoms with van der Waals surface area (Å²) < 4.78 is 4.98. The molecule has 0 amide bonds. The largest absolute Gasteiger partial charge is 0.370 e. The van der Waals surface area contributed by atoms with Gasteiger partial charge in [0.1, 0.15) is 5.76 Å². The van der Waals surface area contributed by atoms with E-state index < -0.39 is 4.92 Å². The summed E-state index contributed by atoms with van der Waals surface area (Å²) in [7, 11) is 1.64. The average Bonchev–Trinajstić information content (AvgIpc) is 2.73. The quantitative estimate of drug-likeness (QED) is 0.425. The minimum Gasteiger partial charge on any atom is -0.370 e. The van der Waals surface area contributed by atoms with Crippen LogP contribution >= 0.6 is 11.8 Å². The van der Waals surface area contributed by atoms with Gasteiger partial charge in [-0.2, -0.15) is 0 Å². The molecule has 8 heteroatoms. The monoisotopic (exact) mass is 286 g/mol. The molecule has 1 unspecified atom stereocenters. The molecule has 1 rings (SSSR count). The first-order chi connectivity index (χ1) is 9.02. The lowest BCUT2D eigenvalue weighted by Crippen LogP contribution is -2.30. The maximum Gasteiger partial charge on any atom is 0.274 e. The summed E-state index contributed by atoms with van der Waals surface area (Å²) in [6, 6.07) is 0. The number of rotatable bonds is 8. The topological polar surface area (TPSA) is 93.2 Å². The van der Waals surface area contributed by atoms with Gasteiger partial charge in [0.15, 0.2) is 5.82 Å². The lowest BCUT2D eigenvalue weighted by Gasteiger charge is -2.15. The van der Waals surface area contributed by atoms with E-state index in [-0.39, 0.29) is 5.37 Å². The molecular formula is C11H18N4O3S. The highest BCUT2D eigenvalue weighted by Gasteiger charge is 2.08. The fourth-order valence-electron chi connectivity index (χ4n) is 1.44. The molecule has 1 heterocycles. The summed E-state index contributed by atoms with van der Waals surface area (Å²) in [5.74, 6) is 2.11. The zero-order valence-corrected chi connectivity index (χ0v) is 12.0. The van der Waals surface area contributed by atoms with E-state index in [1.807, 2.05) is 13.8 Å². The lowest BCUT2D eigenvalue weighted by molar-refractivity contribution is -0.404. The van der Waals surface area contributed by atoms with E-state index in [1.54, 1.807) is 25.0 Å². The number of hydrogen-bond acceptors (Lipinski definition) is 7. The van der Waals surface area contributed by atoms with Gasteiger partial charge in [0.25, 0.3) is 6.20 Å². The smallest absolute Gasteiger partial charge is 0.274 e. The first kappa shape index (κ1) is 15.4. The molecular weight excluding hydrogens is 268 g/mol. The highest BCUT2D eigenvalue weighted by Crippen LogP contribution is 2.14. The van der Waals surface area contributed by atoms with Crippen LogP contribution in [0.25, 0.3) is 0 Å². The van der Waals surface area contributed by atoms with Gasteiger partial charge in [-0.1, -0.05) is 5.16 Å². The van der Waals surface area contributed by atoms with Crippen molar-refractivity contribution in [3.05, 3.63) is 39.7 Å². The molecule has 0 aliphatic carbocycles. The summed E-state index contributed by atoms with van der Waals surface area (Å²) >= 11 is 1.67. The van der Waals surface area contributed by atoms with Crippen LogP contribution in [0.1, 0.15) is 18.2 Å². The lowest BCUT2D eigenvalue weighted by atomic mass is 10.2. The SMILES string of the molecule is CNC(=C[N+](=O)[O-])NC(C)SCCc1cnoc1C. The number of nitrogens with zero attached hydrogens (tertiary/aromatic N) is 2. The zero-order chi connectivity index (χ0) is 14.3. The van der Waals surface area contributed by atoms with E-state index in [9.17, 15) is 10.1 Å². The Balaban J connectivity index is 2.33. The van der Waals surface area contributed by atoms with E-state index in [4.69, 9.17) is 4.52 Å².